The maximum atomic E-state index is 13.1. The first-order chi connectivity index (χ1) is 13.6. The number of fused-ring (bicyclic) bond motifs is 1. The van der Waals surface area contributed by atoms with Crippen LogP contribution in [0.15, 0.2) is 54.7 Å². The summed E-state index contributed by atoms with van der Waals surface area (Å²) < 4.78 is 13.1. The first kappa shape index (κ1) is 18.1. The van der Waals surface area contributed by atoms with Crippen LogP contribution in [0.5, 0.6) is 0 Å². The van der Waals surface area contributed by atoms with E-state index in [9.17, 15) is 14.4 Å². The number of para-hydroxylation sites is 2. The lowest BCUT2D eigenvalue weighted by atomic mass is 9.75. The lowest BCUT2D eigenvalue weighted by molar-refractivity contribution is 0.0641. The highest BCUT2D eigenvalue weighted by Crippen LogP contribution is 2.35. The standard InChI is InChI=1S/C22H19FN4O/c23-17-7-5-16(6-8-17)13-22(15-24)9-11-27(12-10-22)21(28)20-14-25-18-3-1-2-4-19(18)26-20/h1-8,14H,9-13H2. The van der Waals surface area contributed by atoms with Gasteiger partial charge in [-0.1, -0.05) is 24.3 Å². The number of nitrogens with zero attached hydrogens (tertiary/aromatic N) is 4. The number of carbonyl (C=O) groups is 1. The molecule has 2 aromatic carbocycles. The molecule has 6 heteroatoms. The van der Waals surface area contributed by atoms with Crippen molar-refractivity contribution < 1.29 is 9.18 Å². The van der Waals surface area contributed by atoms with Crippen LogP contribution in [0.25, 0.3) is 11.0 Å². The van der Waals surface area contributed by atoms with Crippen LogP contribution < -0.4 is 0 Å². The minimum absolute atomic E-state index is 0.161. The zero-order chi connectivity index (χ0) is 19.6. The van der Waals surface area contributed by atoms with Crippen molar-refractivity contribution >= 4 is 16.9 Å². The molecule has 0 radical (unpaired) electrons. The maximum absolute atomic E-state index is 13.1. The Balaban J connectivity index is 1.46. The molecule has 4 rings (SSSR count). The van der Waals surface area contributed by atoms with E-state index in [0.29, 0.717) is 43.6 Å². The van der Waals surface area contributed by atoms with Crippen LogP contribution in [0, 0.1) is 22.6 Å². The van der Waals surface area contributed by atoms with Gasteiger partial charge in [0.1, 0.15) is 11.5 Å². The van der Waals surface area contributed by atoms with E-state index in [-0.39, 0.29) is 11.7 Å². The Bertz CT molecular complexity index is 1050. The van der Waals surface area contributed by atoms with E-state index >= 15 is 0 Å². The number of hydrogen-bond acceptors (Lipinski definition) is 4. The van der Waals surface area contributed by atoms with Crippen molar-refractivity contribution in [2.45, 2.75) is 19.3 Å². The van der Waals surface area contributed by atoms with Gasteiger partial charge in [0, 0.05) is 13.1 Å². The summed E-state index contributed by atoms with van der Waals surface area (Å²) in [5.41, 5.74) is 2.15. The van der Waals surface area contributed by atoms with Gasteiger partial charge in [-0.05, 0) is 49.1 Å². The molecule has 1 fully saturated rings. The number of benzene rings is 2. The first-order valence-electron chi connectivity index (χ1n) is 9.25. The first-order valence-corrected chi connectivity index (χ1v) is 9.25. The second-order valence-electron chi connectivity index (χ2n) is 7.23. The van der Waals surface area contributed by atoms with Gasteiger partial charge in [0.25, 0.3) is 5.91 Å². The fraction of sp³-hybridized carbons (Fsp3) is 0.273. The predicted molar refractivity (Wildman–Crippen MR) is 103 cm³/mol. The van der Waals surface area contributed by atoms with Gasteiger partial charge in [-0.3, -0.25) is 9.78 Å². The molecular weight excluding hydrogens is 355 g/mol. The molecule has 5 nitrogen and oxygen atoms in total. The third kappa shape index (κ3) is 3.56. The summed E-state index contributed by atoms with van der Waals surface area (Å²) in [6.07, 6.45) is 3.22. The van der Waals surface area contributed by atoms with Crippen molar-refractivity contribution in [2.75, 3.05) is 13.1 Å². The summed E-state index contributed by atoms with van der Waals surface area (Å²) in [6.45, 7) is 0.976. The van der Waals surface area contributed by atoms with Crippen molar-refractivity contribution in [3.63, 3.8) is 0 Å². The Labute approximate surface area is 162 Å². The number of hydrogen-bond donors (Lipinski definition) is 0. The molecule has 0 bridgehead atoms. The quantitative estimate of drug-likeness (QED) is 0.700. The van der Waals surface area contributed by atoms with E-state index in [1.165, 1.54) is 18.3 Å². The minimum Gasteiger partial charge on any atom is -0.337 e. The number of rotatable bonds is 3. The summed E-state index contributed by atoms with van der Waals surface area (Å²) in [6, 6.07) is 16.1. The van der Waals surface area contributed by atoms with Crippen LogP contribution in [0.2, 0.25) is 0 Å². The molecule has 1 amide bonds. The lowest BCUT2D eigenvalue weighted by Crippen LogP contribution is -2.43. The fourth-order valence-corrected chi connectivity index (χ4v) is 3.68. The normalized spacial score (nSPS) is 15.9. The molecule has 0 aliphatic carbocycles. The van der Waals surface area contributed by atoms with Crippen molar-refractivity contribution in [1.82, 2.24) is 14.9 Å². The van der Waals surface area contributed by atoms with E-state index in [1.54, 1.807) is 17.0 Å². The van der Waals surface area contributed by atoms with E-state index < -0.39 is 5.41 Å². The minimum atomic E-state index is -0.538. The summed E-state index contributed by atoms with van der Waals surface area (Å²) in [5, 5.41) is 9.77. The molecule has 0 spiro atoms. The molecule has 3 aromatic rings. The molecule has 0 unspecified atom stereocenters. The molecule has 1 aliphatic heterocycles. The number of piperidine rings is 1. The van der Waals surface area contributed by atoms with Gasteiger partial charge in [0.2, 0.25) is 0 Å². The molecule has 1 aliphatic rings. The van der Waals surface area contributed by atoms with Gasteiger partial charge in [0.05, 0.1) is 28.7 Å². The molecule has 0 saturated carbocycles. The van der Waals surface area contributed by atoms with Crippen molar-refractivity contribution in [1.29, 1.82) is 5.26 Å². The number of nitriles is 1. The van der Waals surface area contributed by atoms with Gasteiger partial charge in [-0.25, -0.2) is 9.37 Å². The summed E-state index contributed by atoms with van der Waals surface area (Å²) in [5.74, 6) is -0.446. The van der Waals surface area contributed by atoms with E-state index in [2.05, 4.69) is 16.0 Å². The van der Waals surface area contributed by atoms with Crippen LogP contribution in [0.3, 0.4) is 0 Å². The highest BCUT2D eigenvalue weighted by Gasteiger charge is 2.36. The Hall–Kier alpha value is -3.33. The van der Waals surface area contributed by atoms with Crippen LogP contribution in [-0.4, -0.2) is 33.9 Å². The van der Waals surface area contributed by atoms with Crippen LogP contribution in [0.1, 0.15) is 28.9 Å². The van der Waals surface area contributed by atoms with Crippen molar-refractivity contribution in [2.24, 2.45) is 5.41 Å². The molecule has 1 saturated heterocycles. The van der Waals surface area contributed by atoms with Gasteiger partial charge in [-0.15, -0.1) is 0 Å². The number of amides is 1. The SMILES string of the molecule is N#CC1(Cc2ccc(F)cc2)CCN(C(=O)c2cnc3ccccc3n2)CC1. The topological polar surface area (TPSA) is 69.9 Å². The van der Waals surface area contributed by atoms with Gasteiger partial charge in [0.15, 0.2) is 0 Å². The molecule has 28 heavy (non-hydrogen) atoms. The van der Waals surface area contributed by atoms with Gasteiger partial charge < -0.3 is 4.90 Å². The second kappa shape index (κ2) is 7.35. The fourth-order valence-electron chi connectivity index (χ4n) is 3.68. The monoisotopic (exact) mass is 374 g/mol. The smallest absolute Gasteiger partial charge is 0.274 e. The predicted octanol–water partition coefficient (Wildman–Crippen LogP) is 3.76. The molecular formula is C22H19FN4O. The molecule has 140 valence electrons. The molecule has 0 N–H and O–H groups in total. The number of aromatic nitrogens is 2. The zero-order valence-corrected chi connectivity index (χ0v) is 15.3. The van der Waals surface area contributed by atoms with Gasteiger partial charge >= 0.3 is 0 Å². The Morgan fingerprint density at radius 2 is 1.79 bits per heavy atom. The maximum Gasteiger partial charge on any atom is 0.274 e. The third-order valence-corrected chi connectivity index (χ3v) is 5.37. The highest BCUT2D eigenvalue weighted by atomic mass is 19.1. The average Bonchev–Trinajstić information content (AvgIpc) is 2.75. The molecule has 0 atom stereocenters. The summed E-state index contributed by atoms with van der Waals surface area (Å²) in [7, 11) is 0. The third-order valence-electron chi connectivity index (χ3n) is 5.37. The lowest BCUT2D eigenvalue weighted by Gasteiger charge is -2.37. The van der Waals surface area contributed by atoms with Crippen molar-refractivity contribution in [3.8, 4) is 6.07 Å². The van der Waals surface area contributed by atoms with Crippen LogP contribution in [-0.2, 0) is 6.42 Å². The van der Waals surface area contributed by atoms with Crippen molar-refractivity contribution in [3.05, 3.63) is 71.8 Å². The van der Waals surface area contributed by atoms with E-state index in [0.717, 1.165) is 11.1 Å². The Morgan fingerprint density at radius 3 is 2.46 bits per heavy atom. The largest absolute Gasteiger partial charge is 0.337 e. The van der Waals surface area contributed by atoms with Crippen LogP contribution in [0.4, 0.5) is 4.39 Å². The Kier molecular flexibility index (Phi) is 4.74. The number of likely N-dealkylation sites (tertiary alicyclic amines) is 1. The summed E-state index contributed by atoms with van der Waals surface area (Å²) >= 11 is 0. The highest BCUT2D eigenvalue weighted by molar-refractivity contribution is 5.93. The Morgan fingerprint density at radius 1 is 1.11 bits per heavy atom. The van der Waals surface area contributed by atoms with Gasteiger partial charge in [-0.2, -0.15) is 5.26 Å². The zero-order valence-electron chi connectivity index (χ0n) is 15.3. The van der Waals surface area contributed by atoms with E-state index in [4.69, 9.17) is 0 Å². The molecule has 1 aromatic heterocycles. The van der Waals surface area contributed by atoms with Crippen LogP contribution >= 0.6 is 0 Å². The average molecular weight is 374 g/mol. The molecule has 2 heterocycles. The van der Waals surface area contributed by atoms with E-state index in [1.807, 2.05) is 24.3 Å². The summed E-state index contributed by atoms with van der Waals surface area (Å²) in [4.78, 5) is 23.3. The number of carbonyl (C=O) groups excluding carboxylic acids is 1. The number of halogens is 1. The second-order valence-corrected chi connectivity index (χ2v) is 7.23.